The van der Waals surface area contributed by atoms with Gasteiger partial charge in [-0.15, -0.1) is 0 Å². The highest BCUT2D eigenvalue weighted by atomic mass is 79.9. The fourth-order valence-corrected chi connectivity index (χ4v) is 0.311. The van der Waals surface area contributed by atoms with E-state index in [1.807, 2.05) is 0 Å². The van der Waals surface area contributed by atoms with E-state index in [4.69, 9.17) is 24.4 Å². The second kappa shape index (κ2) is 7.65. The van der Waals surface area contributed by atoms with Crippen LogP contribution in [0.1, 0.15) is 6.42 Å². The van der Waals surface area contributed by atoms with Gasteiger partial charge in [0.25, 0.3) is 0 Å². The van der Waals surface area contributed by atoms with Crippen molar-refractivity contribution in [1.29, 1.82) is 0 Å². The third-order valence-corrected chi connectivity index (χ3v) is 0.852. The van der Waals surface area contributed by atoms with Gasteiger partial charge in [-0.25, -0.2) is 4.57 Å². The summed E-state index contributed by atoms with van der Waals surface area (Å²) in [6.07, 6.45) is 0.861. The summed E-state index contributed by atoms with van der Waals surface area (Å²) in [7, 11) is -4.64. The average molecular weight is 237 g/mol. The Bertz CT molecular complexity index is 90.8. The Labute approximate surface area is 67.1 Å². The van der Waals surface area contributed by atoms with Gasteiger partial charge in [-0.05, 0) is 6.42 Å². The Balaban J connectivity index is 0. The summed E-state index contributed by atoms with van der Waals surface area (Å²) < 4.78 is 8.88. The standard InChI is InChI=1S/C3H7BrO.H3O4P/c4-2-1-3-5;1-5(2,3)4/h5H,1-3H2;(H3,1,2,3,4). The molecule has 64 valence electrons. The molecule has 0 aliphatic rings. The van der Waals surface area contributed by atoms with E-state index in [1.54, 1.807) is 0 Å². The lowest BCUT2D eigenvalue weighted by Gasteiger charge is -1.82. The van der Waals surface area contributed by atoms with Gasteiger partial charge in [0.15, 0.2) is 0 Å². The Hall–Kier alpha value is 0.550. The van der Waals surface area contributed by atoms with Crippen molar-refractivity contribution in [3.8, 4) is 0 Å². The lowest BCUT2D eigenvalue weighted by Crippen LogP contribution is -1.78. The summed E-state index contributed by atoms with van der Waals surface area (Å²) in [6, 6.07) is 0. The number of phosphoric acid groups is 1. The van der Waals surface area contributed by atoms with Crippen molar-refractivity contribution in [1.82, 2.24) is 0 Å². The molecular weight excluding hydrogens is 227 g/mol. The molecule has 0 aromatic rings. The molecule has 0 aromatic carbocycles. The number of aliphatic hydroxyl groups excluding tert-OH is 1. The van der Waals surface area contributed by atoms with Crippen molar-refractivity contribution in [3.63, 3.8) is 0 Å². The van der Waals surface area contributed by atoms with E-state index in [9.17, 15) is 0 Å². The molecule has 0 saturated carbocycles. The van der Waals surface area contributed by atoms with Crippen molar-refractivity contribution in [2.24, 2.45) is 0 Å². The highest BCUT2D eigenvalue weighted by molar-refractivity contribution is 9.09. The molecule has 5 nitrogen and oxygen atoms in total. The minimum atomic E-state index is -4.64. The summed E-state index contributed by atoms with van der Waals surface area (Å²) in [5.74, 6) is 0. The van der Waals surface area contributed by atoms with Crippen LogP contribution in [0, 0.1) is 0 Å². The van der Waals surface area contributed by atoms with Crippen LogP contribution in [-0.4, -0.2) is 31.7 Å². The number of hydrogen-bond acceptors (Lipinski definition) is 2. The van der Waals surface area contributed by atoms with Crippen LogP contribution in [-0.2, 0) is 4.57 Å². The molecule has 0 unspecified atom stereocenters. The molecule has 0 radical (unpaired) electrons. The zero-order valence-electron chi connectivity index (χ0n) is 5.14. The second-order valence-corrected chi connectivity index (χ2v) is 3.10. The van der Waals surface area contributed by atoms with E-state index in [0.717, 1.165) is 11.8 Å². The summed E-state index contributed by atoms with van der Waals surface area (Å²) in [5.41, 5.74) is 0. The van der Waals surface area contributed by atoms with E-state index in [0.29, 0.717) is 6.61 Å². The second-order valence-electron chi connectivity index (χ2n) is 1.28. The van der Waals surface area contributed by atoms with Crippen molar-refractivity contribution in [3.05, 3.63) is 0 Å². The average Bonchev–Trinajstić information content (AvgIpc) is 1.63. The summed E-state index contributed by atoms with van der Waals surface area (Å²) >= 11 is 3.15. The minimum absolute atomic E-state index is 0.297. The molecule has 0 aliphatic carbocycles. The van der Waals surface area contributed by atoms with E-state index >= 15 is 0 Å². The Morgan fingerprint density at radius 2 is 1.60 bits per heavy atom. The molecule has 0 fully saturated rings. The Morgan fingerprint density at radius 3 is 1.60 bits per heavy atom. The van der Waals surface area contributed by atoms with Gasteiger partial charge >= 0.3 is 7.82 Å². The fraction of sp³-hybridized carbons (Fsp3) is 1.00. The molecule has 0 aliphatic heterocycles. The highest BCUT2D eigenvalue weighted by Crippen LogP contribution is 2.25. The zero-order valence-corrected chi connectivity index (χ0v) is 7.62. The highest BCUT2D eigenvalue weighted by Gasteiger charge is 2.00. The summed E-state index contributed by atoms with van der Waals surface area (Å²) in [6.45, 7) is 0.297. The molecule has 0 rings (SSSR count). The van der Waals surface area contributed by atoms with Gasteiger partial charge in [-0.1, -0.05) is 15.9 Å². The molecule has 0 spiro atoms. The van der Waals surface area contributed by atoms with Crippen LogP contribution in [0.3, 0.4) is 0 Å². The summed E-state index contributed by atoms with van der Waals surface area (Å²) in [4.78, 5) is 21.6. The van der Waals surface area contributed by atoms with E-state index < -0.39 is 7.82 Å². The molecule has 0 bridgehead atoms. The molecule has 7 heteroatoms. The van der Waals surface area contributed by atoms with Crippen LogP contribution in [0.4, 0.5) is 0 Å². The third-order valence-electron chi connectivity index (χ3n) is 0.292. The van der Waals surface area contributed by atoms with E-state index in [2.05, 4.69) is 15.9 Å². The predicted molar refractivity (Wildman–Crippen MR) is 39.8 cm³/mol. The predicted octanol–water partition coefficient (Wildman–Crippen LogP) is -0.165. The topological polar surface area (TPSA) is 98.0 Å². The monoisotopic (exact) mass is 236 g/mol. The molecule has 0 heterocycles. The van der Waals surface area contributed by atoms with E-state index in [1.165, 1.54) is 0 Å². The Morgan fingerprint density at radius 1 is 1.30 bits per heavy atom. The molecule has 0 aromatic heterocycles. The Kier molecular flexibility index (Phi) is 10.1. The van der Waals surface area contributed by atoms with Gasteiger partial charge in [-0.2, -0.15) is 0 Å². The number of halogens is 1. The molecule has 0 amide bonds. The minimum Gasteiger partial charge on any atom is -0.396 e. The maximum Gasteiger partial charge on any atom is 0.466 e. The quantitative estimate of drug-likeness (QED) is 0.395. The zero-order chi connectivity index (χ0) is 8.62. The molecule has 0 atom stereocenters. The number of hydrogen-bond donors (Lipinski definition) is 4. The smallest absolute Gasteiger partial charge is 0.396 e. The van der Waals surface area contributed by atoms with Gasteiger partial charge in [0.2, 0.25) is 0 Å². The SMILES string of the molecule is O=P(O)(O)O.OCCCBr. The number of alkyl halides is 1. The first-order valence-electron chi connectivity index (χ1n) is 2.37. The van der Waals surface area contributed by atoms with E-state index in [-0.39, 0.29) is 0 Å². The van der Waals surface area contributed by atoms with Crippen LogP contribution in [0.25, 0.3) is 0 Å². The van der Waals surface area contributed by atoms with Crippen molar-refractivity contribution >= 4 is 23.8 Å². The lowest BCUT2D eigenvalue weighted by molar-refractivity contribution is 0.275. The lowest BCUT2D eigenvalue weighted by atomic mass is 10.5. The first-order valence-corrected chi connectivity index (χ1v) is 5.05. The van der Waals surface area contributed by atoms with Crippen molar-refractivity contribution < 1.29 is 24.4 Å². The molecule has 4 N–H and O–H groups in total. The maximum absolute atomic E-state index is 8.88. The van der Waals surface area contributed by atoms with Crippen molar-refractivity contribution in [2.45, 2.75) is 6.42 Å². The van der Waals surface area contributed by atoms with Gasteiger partial charge < -0.3 is 19.8 Å². The van der Waals surface area contributed by atoms with Crippen LogP contribution >= 0.6 is 23.8 Å². The molecular formula is C3H10BrO5P. The third kappa shape index (κ3) is 75.0. The van der Waals surface area contributed by atoms with Gasteiger partial charge in [0.1, 0.15) is 0 Å². The van der Waals surface area contributed by atoms with Crippen LogP contribution in [0.15, 0.2) is 0 Å². The number of aliphatic hydroxyl groups is 1. The number of rotatable bonds is 2. The maximum atomic E-state index is 8.88. The first-order chi connectivity index (χ1) is 4.41. The fourth-order valence-electron chi connectivity index (χ4n) is 0.0598. The van der Waals surface area contributed by atoms with Gasteiger partial charge in [0, 0.05) is 11.9 Å². The normalized spacial score (nSPS) is 10.1. The molecule has 0 saturated heterocycles. The van der Waals surface area contributed by atoms with Crippen molar-refractivity contribution in [2.75, 3.05) is 11.9 Å². The van der Waals surface area contributed by atoms with Crippen LogP contribution in [0.2, 0.25) is 0 Å². The molecule has 10 heavy (non-hydrogen) atoms. The first kappa shape index (κ1) is 13.2. The van der Waals surface area contributed by atoms with Gasteiger partial charge in [-0.3, -0.25) is 0 Å². The summed E-state index contributed by atoms with van der Waals surface area (Å²) in [5, 5.41) is 8.94. The van der Waals surface area contributed by atoms with Gasteiger partial charge in [0.05, 0.1) is 0 Å². The van der Waals surface area contributed by atoms with Crippen LogP contribution < -0.4 is 0 Å². The largest absolute Gasteiger partial charge is 0.466 e. The van der Waals surface area contributed by atoms with Crippen LogP contribution in [0.5, 0.6) is 0 Å².